The topological polar surface area (TPSA) is 66.0 Å². The first-order valence-corrected chi connectivity index (χ1v) is 4.25. The Kier molecular flexibility index (Phi) is 2.61. The van der Waals surface area contributed by atoms with Crippen molar-refractivity contribution in [3.8, 4) is 6.07 Å². The molecule has 0 aliphatic rings. The second-order valence-corrected chi connectivity index (χ2v) is 3.29. The van der Waals surface area contributed by atoms with Crippen LogP contribution < -0.4 is 0 Å². The predicted molar refractivity (Wildman–Crippen MR) is 50.9 cm³/mol. The van der Waals surface area contributed by atoms with Crippen molar-refractivity contribution in [2.75, 3.05) is 0 Å². The molecular formula is C10H12N2O2. The van der Waals surface area contributed by atoms with Crippen molar-refractivity contribution in [2.45, 2.75) is 20.3 Å². The highest BCUT2D eigenvalue weighted by molar-refractivity contribution is 5.70. The quantitative estimate of drug-likeness (QED) is 0.764. The molecule has 74 valence electrons. The lowest BCUT2D eigenvalue weighted by Gasteiger charge is -2.01. The van der Waals surface area contributed by atoms with Crippen LogP contribution in [0.4, 0.5) is 0 Å². The number of hydrogen-bond donors (Lipinski definition) is 1. The van der Waals surface area contributed by atoms with E-state index in [0.717, 1.165) is 11.1 Å². The van der Waals surface area contributed by atoms with Crippen LogP contribution in [0.25, 0.3) is 0 Å². The van der Waals surface area contributed by atoms with Gasteiger partial charge in [0.2, 0.25) is 0 Å². The molecule has 4 nitrogen and oxygen atoms in total. The Labute approximate surface area is 82.4 Å². The summed E-state index contributed by atoms with van der Waals surface area (Å²) in [7, 11) is 1.72. The molecule has 0 saturated heterocycles. The molecule has 0 fully saturated rings. The lowest BCUT2D eigenvalue weighted by molar-refractivity contribution is -0.136. The van der Waals surface area contributed by atoms with Gasteiger partial charge in [-0.3, -0.25) is 4.79 Å². The van der Waals surface area contributed by atoms with Gasteiger partial charge in [-0.1, -0.05) is 0 Å². The van der Waals surface area contributed by atoms with E-state index in [1.807, 2.05) is 13.8 Å². The molecule has 0 atom stereocenters. The number of aliphatic carboxylic acids is 1. The third-order valence-corrected chi connectivity index (χ3v) is 2.52. The molecule has 1 aromatic rings. The van der Waals surface area contributed by atoms with Gasteiger partial charge in [0.25, 0.3) is 0 Å². The van der Waals surface area contributed by atoms with Crippen LogP contribution in [-0.4, -0.2) is 15.6 Å². The van der Waals surface area contributed by atoms with E-state index >= 15 is 0 Å². The maximum absolute atomic E-state index is 10.6. The number of carbonyl (C=O) groups is 1. The van der Waals surface area contributed by atoms with Crippen LogP contribution in [0.5, 0.6) is 0 Å². The molecule has 0 aromatic carbocycles. The highest BCUT2D eigenvalue weighted by Gasteiger charge is 2.16. The predicted octanol–water partition coefficient (Wildman–Crippen LogP) is 1.14. The molecule has 4 heteroatoms. The zero-order chi connectivity index (χ0) is 10.9. The SMILES string of the molecule is Cc1c(C)c(CC(=O)O)n(C)c1C#N. The third kappa shape index (κ3) is 1.49. The molecule has 1 N–H and O–H groups in total. The lowest BCUT2D eigenvalue weighted by Crippen LogP contribution is -2.07. The van der Waals surface area contributed by atoms with Gasteiger partial charge >= 0.3 is 5.97 Å². The van der Waals surface area contributed by atoms with Crippen LogP contribution in [0.15, 0.2) is 0 Å². The smallest absolute Gasteiger partial charge is 0.309 e. The van der Waals surface area contributed by atoms with Crippen LogP contribution >= 0.6 is 0 Å². The van der Waals surface area contributed by atoms with Crippen molar-refractivity contribution in [2.24, 2.45) is 7.05 Å². The molecule has 0 bridgehead atoms. The molecule has 0 aliphatic heterocycles. The number of carboxylic acids is 1. The van der Waals surface area contributed by atoms with Crippen LogP contribution in [0.2, 0.25) is 0 Å². The Morgan fingerprint density at radius 1 is 1.50 bits per heavy atom. The molecule has 0 spiro atoms. The normalized spacial score (nSPS) is 9.86. The van der Waals surface area contributed by atoms with Gasteiger partial charge in [-0.25, -0.2) is 0 Å². The second kappa shape index (κ2) is 3.54. The first-order chi connectivity index (χ1) is 6.49. The van der Waals surface area contributed by atoms with Gasteiger partial charge in [-0.15, -0.1) is 0 Å². The Balaban J connectivity index is 3.32. The van der Waals surface area contributed by atoms with Crippen molar-refractivity contribution in [3.63, 3.8) is 0 Å². The summed E-state index contributed by atoms with van der Waals surface area (Å²) in [4.78, 5) is 10.6. The molecule has 0 amide bonds. The Morgan fingerprint density at radius 3 is 2.43 bits per heavy atom. The largest absolute Gasteiger partial charge is 0.481 e. The lowest BCUT2D eigenvalue weighted by atomic mass is 10.1. The maximum Gasteiger partial charge on any atom is 0.309 e. The molecule has 14 heavy (non-hydrogen) atoms. The van der Waals surface area contributed by atoms with E-state index in [1.165, 1.54) is 0 Å². The number of carboxylic acid groups (broad SMARTS) is 1. The van der Waals surface area contributed by atoms with Crippen molar-refractivity contribution in [1.82, 2.24) is 4.57 Å². The minimum atomic E-state index is -0.877. The van der Waals surface area contributed by atoms with E-state index in [4.69, 9.17) is 10.4 Å². The summed E-state index contributed by atoms with van der Waals surface area (Å²) in [5, 5.41) is 17.5. The number of nitriles is 1. The average molecular weight is 192 g/mol. The highest BCUT2D eigenvalue weighted by atomic mass is 16.4. The van der Waals surface area contributed by atoms with Crippen LogP contribution in [0.1, 0.15) is 22.5 Å². The van der Waals surface area contributed by atoms with E-state index < -0.39 is 5.97 Å². The molecule has 0 radical (unpaired) electrons. The summed E-state index contributed by atoms with van der Waals surface area (Å²) in [6, 6.07) is 2.07. The molecular weight excluding hydrogens is 180 g/mol. The molecule has 1 rings (SSSR count). The van der Waals surface area contributed by atoms with Gasteiger partial charge in [-0.05, 0) is 25.0 Å². The minimum Gasteiger partial charge on any atom is -0.481 e. The maximum atomic E-state index is 10.6. The van der Waals surface area contributed by atoms with Gasteiger partial charge in [0.15, 0.2) is 0 Å². The molecule has 1 aromatic heterocycles. The monoisotopic (exact) mass is 192 g/mol. The van der Waals surface area contributed by atoms with Gasteiger partial charge in [-0.2, -0.15) is 5.26 Å². The van der Waals surface area contributed by atoms with E-state index in [-0.39, 0.29) is 6.42 Å². The van der Waals surface area contributed by atoms with Crippen molar-refractivity contribution >= 4 is 5.97 Å². The van der Waals surface area contributed by atoms with Crippen molar-refractivity contribution in [1.29, 1.82) is 5.26 Å². The Bertz CT molecular complexity index is 424. The van der Waals surface area contributed by atoms with E-state index in [1.54, 1.807) is 11.6 Å². The van der Waals surface area contributed by atoms with Gasteiger partial charge < -0.3 is 9.67 Å². The zero-order valence-electron chi connectivity index (χ0n) is 8.46. The summed E-state index contributed by atoms with van der Waals surface area (Å²) in [5.41, 5.74) is 3.00. The minimum absolute atomic E-state index is 0.0369. The van der Waals surface area contributed by atoms with Gasteiger partial charge in [0.1, 0.15) is 11.8 Å². The highest BCUT2D eigenvalue weighted by Crippen LogP contribution is 2.20. The van der Waals surface area contributed by atoms with Crippen LogP contribution in [0.3, 0.4) is 0 Å². The average Bonchev–Trinajstić information content (AvgIpc) is 2.30. The molecule has 0 unspecified atom stereocenters. The number of hydrogen-bond acceptors (Lipinski definition) is 2. The van der Waals surface area contributed by atoms with Crippen LogP contribution in [0, 0.1) is 25.2 Å². The molecule has 0 saturated carbocycles. The fourth-order valence-electron chi connectivity index (χ4n) is 1.59. The fourth-order valence-corrected chi connectivity index (χ4v) is 1.59. The number of nitrogens with zero attached hydrogens (tertiary/aromatic N) is 2. The summed E-state index contributed by atoms with van der Waals surface area (Å²) < 4.78 is 1.65. The Morgan fingerprint density at radius 2 is 2.07 bits per heavy atom. The van der Waals surface area contributed by atoms with Gasteiger partial charge in [0, 0.05) is 12.7 Å². The first kappa shape index (κ1) is 10.3. The zero-order valence-corrected chi connectivity index (χ0v) is 8.46. The Hall–Kier alpha value is -1.76. The van der Waals surface area contributed by atoms with Crippen molar-refractivity contribution in [3.05, 3.63) is 22.5 Å². The van der Waals surface area contributed by atoms with E-state index in [2.05, 4.69) is 6.07 Å². The van der Waals surface area contributed by atoms with E-state index in [9.17, 15) is 4.79 Å². The van der Waals surface area contributed by atoms with E-state index in [0.29, 0.717) is 11.4 Å². The summed E-state index contributed by atoms with van der Waals surface area (Å²) in [5.74, 6) is -0.877. The number of aromatic nitrogens is 1. The summed E-state index contributed by atoms with van der Waals surface area (Å²) in [6.45, 7) is 3.67. The van der Waals surface area contributed by atoms with Crippen molar-refractivity contribution < 1.29 is 9.90 Å². The standard InChI is InChI=1S/C10H12N2O2/c1-6-7(2)9(5-11)12(3)8(6)4-10(13)14/h4H2,1-3H3,(H,13,14). The molecule has 1 heterocycles. The molecule has 0 aliphatic carbocycles. The fraction of sp³-hybridized carbons (Fsp3) is 0.400. The summed E-state index contributed by atoms with van der Waals surface area (Å²) >= 11 is 0. The van der Waals surface area contributed by atoms with Gasteiger partial charge in [0.05, 0.1) is 6.42 Å². The summed E-state index contributed by atoms with van der Waals surface area (Å²) in [6.07, 6.45) is -0.0369. The third-order valence-electron chi connectivity index (χ3n) is 2.52. The van der Waals surface area contributed by atoms with Crippen LogP contribution in [-0.2, 0) is 18.3 Å². The number of rotatable bonds is 2. The second-order valence-electron chi connectivity index (χ2n) is 3.29. The first-order valence-electron chi connectivity index (χ1n) is 4.25.